The first-order valence-corrected chi connectivity index (χ1v) is 5.15. The minimum absolute atomic E-state index is 0.0154. The van der Waals surface area contributed by atoms with Gasteiger partial charge < -0.3 is 10.0 Å². The molecule has 82 valence electrons. The second-order valence-electron chi connectivity index (χ2n) is 3.31. The number of rotatable bonds is 3. The van der Waals surface area contributed by atoms with Crippen molar-refractivity contribution in [1.29, 1.82) is 0 Å². The fourth-order valence-electron chi connectivity index (χ4n) is 1.32. The number of aromatic hydroxyl groups is 1. The lowest BCUT2D eigenvalue weighted by atomic mass is 10.2. The Balaban J connectivity index is 2.84. The summed E-state index contributed by atoms with van der Waals surface area (Å²) in [6.45, 7) is 4.56. The molecule has 1 rings (SSSR count). The Hall–Kier alpha value is -1.22. The van der Waals surface area contributed by atoms with E-state index in [4.69, 9.17) is 11.6 Å². The summed E-state index contributed by atoms with van der Waals surface area (Å²) in [6.07, 6.45) is 0. The first-order valence-electron chi connectivity index (χ1n) is 4.77. The molecule has 1 amide bonds. The van der Waals surface area contributed by atoms with E-state index in [0.29, 0.717) is 18.1 Å². The van der Waals surface area contributed by atoms with Crippen LogP contribution in [0, 0.1) is 0 Å². The lowest BCUT2D eigenvalue weighted by molar-refractivity contribution is -0.129. The molecular formula is C11H14ClNO2. The molecule has 0 aliphatic rings. The van der Waals surface area contributed by atoms with Crippen LogP contribution in [0.1, 0.15) is 19.4 Å². The standard InChI is InChI=1S/C11H14ClNO2/c1-3-13(8(2)14)7-9-4-5-10(15)6-11(9)12/h4-6,15H,3,7H2,1-2H3. The number of hydrogen-bond acceptors (Lipinski definition) is 2. The van der Waals surface area contributed by atoms with Crippen LogP contribution in [0.25, 0.3) is 0 Å². The highest BCUT2D eigenvalue weighted by Crippen LogP contribution is 2.22. The Bertz CT molecular complexity index is 366. The predicted molar refractivity (Wildman–Crippen MR) is 59.9 cm³/mol. The average molecular weight is 228 g/mol. The molecule has 0 saturated heterocycles. The molecule has 15 heavy (non-hydrogen) atoms. The molecule has 1 aromatic carbocycles. The lowest BCUT2D eigenvalue weighted by Gasteiger charge is -2.19. The summed E-state index contributed by atoms with van der Waals surface area (Å²) in [5, 5.41) is 9.65. The van der Waals surface area contributed by atoms with Gasteiger partial charge in [0, 0.05) is 25.0 Å². The average Bonchev–Trinajstić information content (AvgIpc) is 2.16. The lowest BCUT2D eigenvalue weighted by Crippen LogP contribution is -2.27. The summed E-state index contributed by atoms with van der Waals surface area (Å²) in [7, 11) is 0. The minimum atomic E-state index is 0.0154. The molecule has 0 aromatic heterocycles. The van der Waals surface area contributed by atoms with Crippen molar-refractivity contribution in [1.82, 2.24) is 4.90 Å². The van der Waals surface area contributed by atoms with Crippen molar-refractivity contribution in [2.24, 2.45) is 0 Å². The summed E-state index contributed by atoms with van der Waals surface area (Å²) in [5.74, 6) is 0.149. The maximum atomic E-state index is 11.2. The quantitative estimate of drug-likeness (QED) is 0.862. The predicted octanol–water partition coefficient (Wildman–Crippen LogP) is 2.41. The molecule has 4 heteroatoms. The van der Waals surface area contributed by atoms with E-state index in [1.54, 1.807) is 17.0 Å². The highest BCUT2D eigenvalue weighted by molar-refractivity contribution is 6.31. The number of carbonyl (C=O) groups is 1. The molecule has 0 bridgehead atoms. The van der Waals surface area contributed by atoms with Crippen molar-refractivity contribution >= 4 is 17.5 Å². The Kier molecular flexibility index (Phi) is 3.97. The van der Waals surface area contributed by atoms with Gasteiger partial charge in [-0.05, 0) is 24.6 Å². The minimum Gasteiger partial charge on any atom is -0.508 e. The Morgan fingerprint density at radius 1 is 1.53 bits per heavy atom. The van der Waals surface area contributed by atoms with Crippen LogP contribution in [0.4, 0.5) is 0 Å². The third-order valence-corrected chi connectivity index (χ3v) is 2.58. The van der Waals surface area contributed by atoms with Crippen molar-refractivity contribution < 1.29 is 9.90 Å². The summed E-state index contributed by atoms with van der Waals surface area (Å²) in [5.41, 5.74) is 0.839. The first kappa shape index (κ1) is 11.9. The third kappa shape index (κ3) is 3.13. The van der Waals surface area contributed by atoms with Crippen LogP contribution >= 0.6 is 11.6 Å². The summed E-state index contributed by atoms with van der Waals surface area (Å²) < 4.78 is 0. The van der Waals surface area contributed by atoms with Gasteiger partial charge >= 0.3 is 0 Å². The van der Waals surface area contributed by atoms with Gasteiger partial charge in [0.15, 0.2) is 0 Å². The van der Waals surface area contributed by atoms with Crippen LogP contribution in [-0.4, -0.2) is 22.5 Å². The van der Waals surface area contributed by atoms with Gasteiger partial charge in [0.05, 0.1) is 0 Å². The molecule has 0 aliphatic heterocycles. The largest absolute Gasteiger partial charge is 0.508 e. The number of nitrogens with zero attached hydrogens (tertiary/aromatic N) is 1. The molecule has 0 radical (unpaired) electrons. The summed E-state index contributed by atoms with van der Waals surface area (Å²) >= 11 is 5.94. The van der Waals surface area contributed by atoms with Gasteiger partial charge in [-0.15, -0.1) is 0 Å². The van der Waals surface area contributed by atoms with Crippen molar-refractivity contribution in [3.8, 4) is 5.75 Å². The number of hydrogen-bond donors (Lipinski definition) is 1. The van der Waals surface area contributed by atoms with Gasteiger partial charge in [-0.1, -0.05) is 17.7 Å². The first-order chi connectivity index (χ1) is 7.04. The monoisotopic (exact) mass is 227 g/mol. The van der Waals surface area contributed by atoms with Crippen molar-refractivity contribution in [2.75, 3.05) is 6.54 Å². The molecule has 0 fully saturated rings. The maximum Gasteiger partial charge on any atom is 0.219 e. The zero-order valence-electron chi connectivity index (χ0n) is 8.83. The van der Waals surface area contributed by atoms with E-state index in [9.17, 15) is 9.90 Å². The van der Waals surface area contributed by atoms with Gasteiger partial charge in [0.2, 0.25) is 5.91 Å². The number of carbonyl (C=O) groups excluding carboxylic acids is 1. The van der Waals surface area contributed by atoms with Crippen molar-refractivity contribution in [2.45, 2.75) is 20.4 Å². The van der Waals surface area contributed by atoms with Gasteiger partial charge in [-0.2, -0.15) is 0 Å². The zero-order valence-corrected chi connectivity index (χ0v) is 9.58. The second-order valence-corrected chi connectivity index (χ2v) is 3.72. The number of phenols is 1. The molecule has 0 atom stereocenters. The zero-order chi connectivity index (χ0) is 11.4. The summed E-state index contributed by atoms with van der Waals surface area (Å²) in [6, 6.07) is 4.77. The van der Waals surface area contributed by atoms with Crippen LogP contribution in [-0.2, 0) is 11.3 Å². The normalized spacial score (nSPS) is 10.1. The smallest absolute Gasteiger partial charge is 0.219 e. The molecule has 0 unspecified atom stereocenters. The fourth-order valence-corrected chi connectivity index (χ4v) is 1.55. The van der Waals surface area contributed by atoms with E-state index in [-0.39, 0.29) is 11.7 Å². The number of phenolic OH excluding ortho intramolecular Hbond substituents is 1. The van der Waals surface area contributed by atoms with Crippen LogP contribution in [0.2, 0.25) is 5.02 Å². The van der Waals surface area contributed by atoms with Gasteiger partial charge in [-0.3, -0.25) is 4.79 Å². The molecule has 0 heterocycles. The molecule has 1 aromatic rings. The Morgan fingerprint density at radius 3 is 2.67 bits per heavy atom. The molecule has 0 spiro atoms. The fraction of sp³-hybridized carbons (Fsp3) is 0.364. The van der Waals surface area contributed by atoms with E-state index in [1.807, 2.05) is 6.92 Å². The van der Waals surface area contributed by atoms with E-state index in [1.165, 1.54) is 13.0 Å². The van der Waals surface area contributed by atoms with Crippen LogP contribution in [0.3, 0.4) is 0 Å². The molecular weight excluding hydrogens is 214 g/mol. The van der Waals surface area contributed by atoms with E-state index in [2.05, 4.69) is 0 Å². The second kappa shape index (κ2) is 5.03. The van der Waals surface area contributed by atoms with E-state index >= 15 is 0 Å². The van der Waals surface area contributed by atoms with Crippen LogP contribution in [0.15, 0.2) is 18.2 Å². The van der Waals surface area contributed by atoms with Gasteiger partial charge in [0.25, 0.3) is 0 Å². The van der Waals surface area contributed by atoms with Crippen LogP contribution < -0.4 is 0 Å². The van der Waals surface area contributed by atoms with Crippen LogP contribution in [0.5, 0.6) is 5.75 Å². The summed E-state index contributed by atoms with van der Waals surface area (Å²) in [4.78, 5) is 12.9. The van der Waals surface area contributed by atoms with Crippen molar-refractivity contribution in [3.05, 3.63) is 28.8 Å². The molecule has 3 nitrogen and oxygen atoms in total. The molecule has 0 saturated carbocycles. The topological polar surface area (TPSA) is 40.5 Å². The number of amides is 1. The third-order valence-electron chi connectivity index (χ3n) is 2.22. The molecule has 0 aliphatic carbocycles. The Labute approximate surface area is 94.3 Å². The maximum absolute atomic E-state index is 11.2. The highest BCUT2D eigenvalue weighted by atomic mass is 35.5. The Morgan fingerprint density at radius 2 is 2.20 bits per heavy atom. The number of benzene rings is 1. The number of halogens is 1. The SMILES string of the molecule is CCN(Cc1ccc(O)cc1Cl)C(C)=O. The van der Waals surface area contributed by atoms with E-state index < -0.39 is 0 Å². The van der Waals surface area contributed by atoms with Crippen molar-refractivity contribution in [3.63, 3.8) is 0 Å². The van der Waals surface area contributed by atoms with Gasteiger partial charge in [0.1, 0.15) is 5.75 Å². The molecule has 1 N–H and O–H groups in total. The van der Waals surface area contributed by atoms with Gasteiger partial charge in [-0.25, -0.2) is 0 Å². The van der Waals surface area contributed by atoms with E-state index in [0.717, 1.165) is 5.56 Å². The highest BCUT2D eigenvalue weighted by Gasteiger charge is 2.09.